The zero-order valence-electron chi connectivity index (χ0n) is 33.4. The molecule has 0 aromatic heterocycles. The number of rotatable bonds is 2. The Morgan fingerprint density at radius 3 is 1.13 bits per heavy atom. The van der Waals surface area contributed by atoms with E-state index in [1.165, 1.54) is 115 Å². The van der Waals surface area contributed by atoms with Gasteiger partial charge in [-0.1, -0.05) is 104 Å². The number of hydrogen-bond donors (Lipinski definition) is 0. The molecule has 0 atom stereocenters. The molecule has 2 aliphatic heterocycles. The van der Waals surface area contributed by atoms with Crippen LogP contribution >= 0.6 is 0 Å². The molecule has 5 aromatic rings. The number of benzene rings is 5. The summed E-state index contributed by atoms with van der Waals surface area (Å²) in [4.78, 5) is 5.27. The lowest BCUT2D eigenvalue weighted by Crippen LogP contribution is -2.62. The molecule has 0 spiro atoms. The minimum Gasteiger partial charge on any atom is -0.311 e. The molecule has 0 unspecified atom stereocenters. The summed E-state index contributed by atoms with van der Waals surface area (Å²) < 4.78 is 0. The monoisotopic (exact) mass is 682 g/mol. The molecule has 264 valence electrons. The van der Waals surface area contributed by atoms with Gasteiger partial charge in [-0.05, 0) is 160 Å². The SMILES string of the molecule is Cc1cc2c3c(c1)N(c1ccccc1C)c1cc4c(cc1B3c1cc3c(cc1N2c1ccccc1C)C(C)(C)CCC3(C)C)C(C)(C)CCC4(C)C. The molecule has 2 aliphatic carbocycles. The second-order valence-electron chi connectivity index (χ2n) is 19.3. The van der Waals surface area contributed by atoms with Crippen LogP contribution in [0.2, 0.25) is 0 Å². The van der Waals surface area contributed by atoms with Crippen LogP contribution in [0, 0.1) is 20.8 Å². The van der Waals surface area contributed by atoms with Crippen LogP contribution in [0.5, 0.6) is 0 Å². The maximum atomic E-state index is 2.68. The molecule has 0 amide bonds. The number of anilines is 6. The fourth-order valence-electron chi connectivity index (χ4n) is 10.4. The second kappa shape index (κ2) is 10.9. The highest BCUT2D eigenvalue weighted by atomic mass is 15.2. The molecule has 0 fully saturated rings. The van der Waals surface area contributed by atoms with E-state index in [1.807, 2.05) is 0 Å². The molecular formula is C49H55BN2. The van der Waals surface area contributed by atoms with Crippen molar-refractivity contribution in [3.63, 3.8) is 0 Å². The molecule has 9 rings (SSSR count). The molecule has 2 heterocycles. The lowest BCUT2D eigenvalue weighted by Gasteiger charge is -2.49. The molecule has 5 aromatic carbocycles. The smallest absolute Gasteiger partial charge is 0.252 e. The van der Waals surface area contributed by atoms with Gasteiger partial charge in [-0.3, -0.25) is 0 Å². The van der Waals surface area contributed by atoms with Crippen LogP contribution in [0.1, 0.15) is 120 Å². The number of aryl methyl sites for hydroxylation is 3. The number of hydrogen-bond acceptors (Lipinski definition) is 2. The predicted octanol–water partition coefficient (Wildman–Crippen LogP) is 11.4. The van der Waals surface area contributed by atoms with Gasteiger partial charge in [-0.15, -0.1) is 0 Å². The summed E-state index contributed by atoms with van der Waals surface area (Å²) in [6.45, 7) is 26.8. The average molecular weight is 683 g/mol. The van der Waals surface area contributed by atoms with Crippen molar-refractivity contribution in [3.05, 3.63) is 124 Å². The zero-order chi connectivity index (χ0) is 36.7. The summed E-state index contributed by atoms with van der Waals surface area (Å²) in [6.07, 6.45) is 4.80. The maximum absolute atomic E-state index is 2.68. The minimum absolute atomic E-state index is 0.107. The van der Waals surface area contributed by atoms with Gasteiger partial charge in [0.05, 0.1) is 0 Å². The first-order valence-corrected chi connectivity index (χ1v) is 19.7. The lowest BCUT2D eigenvalue weighted by atomic mass is 9.32. The summed E-state index contributed by atoms with van der Waals surface area (Å²) in [5.41, 5.74) is 22.6. The number of fused-ring (bicyclic) bond motifs is 6. The Morgan fingerprint density at radius 1 is 0.423 bits per heavy atom. The Labute approximate surface area is 313 Å². The Hall–Kier alpha value is -4.24. The highest BCUT2D eigenvalue weighted by molar-refractivity contribution is 7.00. The van der Waals surface area contributed by atoms with Crippen molar-refractivity contribution in [3.8, 4) is 0 Å². The fraction of sp³-hybridized carbons (Fsp3) is 0.388. The van der Waals surface area contributed by atoms with Crippen molar-refractivity contribution in [2.24, 2.45) is 0 Å². The van der Waals surface area contributed by atoms with Crippen molar-refractivity contribution >= 4 is 57.2 Å². The van der Waals surface area contributed by atoms with Gasteiger partial charge in [0.15, 0.2) is 0 Å². The van der Waals surface area contributed by atoms with Crippen LogP contribution in [0.15, 0.2) is 84.9 Å². The maximum Gasteiger partial charge on any atom is 0.252 e. The Balaban J connectivity index is 1.46. The van der Waals surface area contributed by atoms with Gasteiger partial charge in [0.1, 0.15) is 0 Å². The predicted molar refractivity (Wildman–Crippen MR) is 225 cm³/mol. The highest BCUT2D eigenvalue weighted by Gasteiger charge is 2.48. The van der Waals surface area contributed by atoms with Crippen molar-refractivity contribution in [2.75, 3.05) is 9.80 Å². The van der Waals surface area contributed by atoms with Gasteiger partial charge in [0, 0.05) is 34.1 Å². The molecule has 0 N–H and O–H groups in total. The average Bonchev–Trinajstić information content (AvgIpc) is 3.09. The third-order valence-corrected chi connectivity index (χ3v) is 13.9. The molecule has 4 aliphatic rings. The highest BCUT2D eigenvalue weighted by Crippen LogP contribution is 2.53. The molecule has 3 heteroatoms. The van der Waals surface area contributed by atoms with Gasteiger partial charge in [0.2, 0.25) is 0 Å². The van der Waals surface area contributed by atoms with Crippen molar-refractivity contribution in [1.29, 1.82) is 0 Å². The summed E-state index contributed by atoms with van der Waals surface area (Å²) in [5, 5.41) is 0. The van der Waals surface area contributed by atoms with Gasteiger partial charge >= 0.3 is 0 Å². The third kappa shape index (κ3) is 4.69. The quantitative estimate of drug-likeness (QED) is 0.168. The van der Waals surface area contributed by atoms with E-state index in [1.54, 1.807) is 0 Å². The van der Waals surface area contributed by atoms with E-state index in [0.717, 1.165) is 0 Å². The van der Waals surface area contributed by atoms with Crippen molar-refractivity contribution in [1.82, 2.24) is 0 Å². The summed E-state index contributed by atoms with van der Waals surface area (Å²) in [5.74, 6) is 0. The number of nitrogens with zero attached hydrogens (tertiary/aromatic N) is 2. The first-order chi connectivity index (χ1) is 24.5. The molecule has 2 nitrogen and oxygen atoms in total. The second-order valence-corrected chi connectivity index (χ2v) is 19.3. The molecular weight excluding hydrogens is 627 g/mol. The molecule has 0 radical (unpaired) electrons. The minimum atomic E-state index is 0.107. The van der Waals surface area contributed by atoms with Crippen molar-refractivity contribution in [2.45, 2.75) is 124 Å². The van der Waals surface area contributed by atoms with E-state index in [-0.39, 0.29) is 28.4 Å². The van der Waals surface area contributed by atoms with E-state index < -0.39 is 0 Å². The standard InChI is InChI=1S/C49H55BN2/c1-30-24-43-45-44(25-30)52(40-19-15-13-17-32(40)3)42-29-36-34(47(6,7)21-23-49(36,10)11)27-38(42)50(45)37-26-33-35(48(8,9)22-20-46(33,4)5)28-41(37)51(43)39-18-14-12-16-31(39)2/h12-19,24-29H,20-23H2,1-11H3. The van der Waals surface area contributed by atoms with E-state index in [9.17, 15) is 0 Å². The summed E-state index contributed by atoms with van der Waals surface area (Å²) >= 11 is 0. The molecule has 0 saturated carbocycles. The number of para-hydroxylation sites is 2. The summed E-state index contributed by atoms with van der Waals surface area (Å²) in [6, 6.07) is 33.6. The Bertz CT molecular complexity index is 2160. The van der Waals surface area contributed by atoms with Gasteiger partial charge < -0.3 is 9.80 Å². The largest absolute Gasteiger partial charge is 0.311 e. The van der Waals surface area contributed by atoms with E-state index in [0.29, 0.717) is 0 Å². The topological polar surface area (TPSA) is 6.48 Å². The van der Waals surface area contributed by atoms with Crippen LogP contribution in [0.4, 0.5) is 34.1 Å². The van der Waals surface area contributed by atoms with Crippen LogP contribution in [0.25, 0.3) is 0 Å². The van der Waals surface area contributed by atoms with Gasteiger partial charge in [-0.2, -0.15) is 0 Å². The lowest BCUT2D eigenvalue weighted by molar-refractivity contribution is 0.332. The van der Waals surface area contributed by atoms with Crippen LogP contribution in [-0.4, -0.2) is 6.71 Å². The third-order valence-electron chi connectivity index (χ3n) is 13.9. The van der Waals surface area contributed by atoms with Crippen molar-refractivity contribution < 1.29 is 0 Å². The normalized spacial score (nSPS) is 19.6. The molecule has 0 saturated heterocycles. The zero-order valence-corrected chi connectivity index (χ0v) is 33.4. The first-order valence-electron chi connectivity index (χ1n) is 19.7. The molecule has 0 bridgehead atoms. The van der Waals surface area contributed by atoms with E-state index in [4.69, 9.17) is 0 Å². The van der Waals surface area contributed by atoms with Crippen LogP contribution in [-0.2, 0) is 21.7 Å². The van der Waals surface area contributed by atoms with Gasteiger partial charge in [-0.25, -0.2) is 0 Å². The summed E-state index contributed by atoms with van der Waals surface area (Å²) in [7, 11) is 0. The Morgan fingerprint density at radius 2 is 0.769 bits per heavy atom. The van der Waals surface area contributed by atoms with E-state index >= 15 is 0 Å². The van der Waals surface area contributed by atoms with Crippen LogP contribution < -0.4 is 26.2 Å². The van der Waals surface area contributed by atoms with Gasteiger partial charge in [0.25, 0.3) is 6.71 Å². The van der Waals surface area contributed by atoms with Crippen LogP contribution in [0.3, 0.4) is 0 Å². The first kappa shape index (κ1) is 33.6. The fourth-order valence-corrected chi connectivity index (χ4v) is 10.4. The van der Waals surface area contributed by atoms with E-state index in [2.05, 4.69) is 171 Å². The molecule has 52 heavy (non-hydrogen) atoms. The Kier molecular flexibility index (Phi) is 7.05.